The van der Waals surface area contributed by atoms with Crippen LogP contribution in [0.2, 0.25) is 0 Å². The van der Waals surface area contributed by atoms with E-state index in [9.17, 15) is 19.5 Å². The summed E-state index contributed by atoms with van der Waals surface area (Å²) >= 11 is 0. The molecule has 5 atom stereocenters. The lowest BCUT2D eigenvalue weighted by Crippen LogP contribution is -2.62. The fraction of sp³-hybridized carbons (Fsp3) is 0.500. The van der Waals surface area contributed by atoms with Crippen LogP contribution in [0.15, 0.2) is 39.8 Å². The van der Waals surface area contributed by atoms with Crippen LogP contribution in [-0.2, 0) is 18.9 Å². The van der Waals surface area contributed by atoms with Crippen molar-refractivity contribution in [3.05, 3.63) is 46.6 Å². The molecule has 35 heavy (non-hydrogen) atoms. The number of carbonyl (C=O) groups excluding carboxylic acids is 2. The standard InChI is InChI=1S/C24H27NO10/c1-4-30-22(28)32-14-9-15-20(26)19-17(11-16(33-21(19)27)13-7-6-8-25-12-13)35-24(15,3)18(10-14)34-23(29)31-5-2/h6-8,11-12,14-15,18,20,26H,4-5,9-10H2,1-3H3/t14-,15?,18-,20?,24-/m1/s1. The molecule has 4 rings (SSSR count). The average molecular weight is 489 g/mol. The van der Waals surface area contributed by atoms with E-state index < -0.39 is 47.8 Å². The molecular weight excluding hydrogens is 462 g/mol. The Hall–Kier alpha value is -3.60. The van der Waals surface area contributed by atoms with Crippen LogP contribution in [0.4, 0.5) is 9.59 Å². The molecule has 0 amide bonds. The Morgan fingerprint density at radius 3 is 2.54 bits per heavy atom. The molecule has 1 fully saturated rings. The number of pyridine rings is 1. The summed E-state index contributed by atoms with van der Waals surface area (Å²) < 4.78 is 32.4. The van der Waals surface area contributed by atoms with Gasteiger partial charge in [0.15, 0.2) is 0 Å². The van der Waals surface area contributed by atoms with E-state index in [0.29, 0.717) is 5.56 Å². The van der Waals surface area contributed by atoms with Crippen molar-refractivity contribution >= 4 is 12.3 Å². The molecule has 188 valence electrons. The van der Waals surface area contributed by atoms with E-state index in [1.807, 2.05) is 0 Å². The van der Waals surface area contributed by atoms with Crippen molar-refractivity contribution in [1.82, 2.24) is 4.98 Å². The number of carbonyl (C=O) groups is 2. The lowest BCUT2D eigenvalue weighted by molar-refractivity contribution is -0.183. The predicted octanol–water partition coefficient (Wildman–Crippen LogP) is 3.38. The third-order valence-corrected chi connectivity index (χ3v) is 6.30. The summed E-state index contributed by atoms with van der Waals surface area (Å²) in [5.74, 6) is -0.471. The van der Waals surface area contributed by atoms with Crippen LogP contribution in [0.3, 0.4) is 0 Å². The van der Waals surface area contributed by atoms with Gasteiger partial charge >= 0.3 is 17.9 Å². The monoisotopic (exact) mass is 489 g/mol. The fourth-order valence-corrected chi connectivity index (χ4v) is 4.65. The van der Waals surface area contributed by atoms with E-state index in [1.165, 1.54) is 12.3 Å². The highest BCUT2D eigenvalue weighted by Gasteiger charge is 2.58. The van der Waals surface area contributed by atoms with Gasteiger partial charge in [0.05, 0.1) is 19.3 Å². The summed E-state index contributed by atoms with van der Waals surface area (Å²) in [6.45, 7) is 5.16. The van der Waals surface area contributed by atoms with Crippen molar-refractivity contribution in [3.8, 4) is 17.1 Å². The third kappa shape index (κ3) is 4.81. The van der Waals surface area contributed by atoms with Crippen molar-refractivity contribution in [2.75, 3.05) is 13.2 Å². The zero-order valence-corrected chi connectivity index (χ0v) is 19.6. The SMILES string of the molecule is CCOC(=O)O[C@@H]1CC2C(O)c3c(cc(-c4cccnc4)oc3=O)O[C@@]2(C)[C@H](OC(=O)OCC)C1. The second kappa shape index (κ2) is 9.95. The minimum absolute atomic E-state index is 0.0632. The molecule has 0 aromatic carbocycles. The third-order valence-electron chi connectivity index (χ3n) is 6.30. The van der Waals surface area contributed by atoms with Gasteiger partial charge in [0.25, 0.3) is 0 Å². The van der Waals surface area contributed by atoms with E-state index in [-0.39, 0.29) is 43.1 Å². The van der Waals surface area contributed by atoms with Gasteiger partial charge in [-0.05, 0) is 39.3 Å². The number of fused-ring (bicyclic) bond motifs is 2. The Morgan fingerprint density at radius 1 is 1.17 bits per heavy atom. The van der Waals surface area contributed by atoms with Crippen LogP contribution in [0.1, 0.15) is 45.3 Å². The lowest BCUT2D eigenvalue weighted by atomic mass is 9.68. The first kappa shape index (κ1) is 24.5. The molecule has 2 aliphatic rings. The van der Waals surface area contributed by atoms with Gasteiger partial charge in [0.1, 0.15) is 34.9 Å². The lowest BCUT2D eigenvalue weighted by Gasteiger charge is -2.51. The molecule has 0 radical (unpaired) electrons. The maximum Gasteiger partial charge on any atom is 0.508 e. The number of aliphatic hydroxyl groups is 1. The van der Waals surface area contributed by atoms with Gasteiger partial charge in [-0.1, -0.05) is 0 Å². The smallest absolute Gasteiger partial charge is 0.482 e. The number of aromatic nitrogens is 1. The summed E-state index contributed by atoms with van der Waals surface area (Å²) in [6.07, 6.45) is -1.59. The first-order valence-corrected chi connectivity index (χ1v) is 11.4. The average Bonchev–Trinajstić information content (AvgIpc) is 2.81. The van der Waals surface area contributed by atoms with Crippen LogP contribution < -0.4 is 10.4 Å². The van der Waals surface area contributed by atoms with E-state index in [2.05, 4.69) is 4.98 Å². The Bertz CT molecular complexity index is 1130. The number of hydrogen-bond donors (Lipinski definition) is 1. The van der Waals surface area contributed by atoms with Crippen molar-refractivity contribution in [1.29, 1.82) is 0 Å². The molecule has 11 heteroatoms. The molecule has 2 unspecified atom stereocenters. The van der Waals surface area contributed by atoms with Crippen molar-refractivity contribution in [2.45, 2.75) is 57.5 Å². The molecule has 1 aliphatic carbocycles. The Balaban J connectivity index is 1.72. The van der Waals surface area contributed by atoms with E-state index in [0.717, 1.165) is 0 Å². The molecule has 3 heterocycles. The highest BCUT2D eigenvalue weighted by molar-refractivity contribution is 5.61. The quantitative estimate of drug-likeness (QED) is 0.617. The second-order valence-electron chi connectivity index (χ2n) is 8.44. The number of rotatable bonds is 5. The fourth-order valence-electron chi connectivity index (χ4n) is 4.65. The Kier molecular flexibility index (Phi) is 6.97. The molecule has 1 N–H and O–H groups in total. The van der Waals surface area contributed by atoms with Crippen molar-refractivity contribution in [3.63, 3.8) is 0 Å². The maximum atomic E-state index is 12.9. The summed E-state index contributed by atoms with van der Waals surface area (Å²) in [4.78, 5) is 41.1. The number of hydrogen-bond acceptors (Lipinski definition) is 11. The van der Waals surface area contributed by atoms with Crippen LogP contribution in [-0.4, -0.2) is 53.4 Å². The number of nitrogens with zero attached hydrogens (tertiary/aromatic N) is 1. The molecule has 1 saturated carbocycles. The molecule has 0 spiro atoms. The second-order valence-corrected chi connectivity index (χ2v) is 8.44. The number of ether oxygens (including phenoxy) is 5. The molecular formula is C24H27NO10. The Morgan fingerprint density at radius 2 is 1.89 bits per heavy atom. The van der Waals surface area contributed by atoms with Crippen LogP contribution in [0.5, 0.6) is 5.75 Å². The zero-order chi connectivity index (χ0) is 25.2. The highest BCUT2D eigenvalue weighted by atomic mass is 16.7. The molecule has 2 aromatic rings. The predicted molar refractivity (Wildman–Crippen MR) is 119 cm³/mol. The van der Waals surface area contributed by atoms with Gasteiger partial charge in [-0.3, -0.25) is 4.98 Å². The Labute approximate surface area is 200 Å². The molecule has 0 bridgehead atoms. The zero-order valence-electron chi connectivity index (χ0n) is 19.6. The van der Waals surface area contributed by atoms with Gasteiger partial charge in [0, 0.05) is 36.4 Å². The van der Waals surface area contributed by atoms with Gasteiger partial charge in [0.2, 0.25) is 0 Å². The first-order chi connectivity index (χ1) is 16.8. The number of aliphatic hydroxyl groups excluding tert-OH is 1. The maximum absolute atomic E-state index is 12.9. The summed E-state index contributed by atoms with van der Waals surface area (Å²) in [6, 6.07) is 4.91. The summed E-state index contributed by atoms with van der Waals surface area (Å²) in [5, 5.41) is 11.3. The van der Waals surface area contributed by atoms with Crippen molar-refractivity contribution < 1.29 is 42.8 Å². The normalized spacial score (nSPS) is 27.0. The van der Waals surface area contributed by atoms with Gasteiger partial charge in [-0.15, -0.1) is 0 Å². The topological polar surface area (TPSA) is 144 Å². The van der Waals surface area contributed by atoms with Crippen LogP contribution in [0.25, 0.3) is 11.3 Å². The minimum atomic E-state index is -1.34. The van der Waals surface area contributed by atoms with Crippen LogP contribution >= 0.6 is 0 Å². The molecule has 0 saturated heterocycles. The van der Waals surface area contributed by atoms with Gasteiger partial charge in [-0.25, -0.2) is 14.4 Å². The van der Waals surface area contributed by atoms with E-state index >= 15 is 0 Å². The summed E-state index contributed by atoms with van der Waals surface area (Å²) in [5.41, 5.74) is -1.56. The molecule has 1 aliphatic heterocycles. The van der Waals surface area contributed by atoms with Crippen LogP contribution in [0, 0.1) is 5.92 Å². The molecule has 11 nitrogen and oxygen atoms in total. The summed E-state index contributed by atoms with van der Waals surface area (Å²) in [7, 11) is 0. The van der Waals surface area contributed by atoms with E-state index in [1.54, 1.807) is 39.1 Å². The van der Waals surface area contributed by atoms with Gasteiger partial charge in [-0.2, -0.15) is 0 Å². The molecule has 2 aromatic heterocycles. The first-order valence-electron chi connectivity index (χ1n) is 11.4. The highest BCUT2D eigenvalue weighted by Crippen LogP contribution is 2.51. The largest absolute Gasteiger partial charge is 0.508 e. The van der Waals surface area contributed by atoms with Crippen molar-refractivity contribution in [2.24, 2.45) is 5.92 Å². The minimum Gasteiger partial charge on any atom is -0.482 e. The van der Waals surface area contributed by atoms with Gasteiger partial charge < -0.3 is 33.2 Å². The van der Waals surface area contributed by atoms with E-state index in [4.69, 9.17) is 28.1 Å².